The number of carbonyl (C=O) groups excluding carboxylic acids is 2. The summed E-state index contributed by atoms with van der Waals surface area (Å²) in [4.78, 5) is 22.5. The third kappa shape index (κ3) is 5.90. The summed E-state index contributed by atoms with van der Waals surface area (Å²) in [7, 11) is 2.95. The lowest BCUT2D eigenvalue weighted by atomic mass is 10.1. The molecule has 0 saturated carbocycles. The molecule has 0 radical (unpaired) electrons. The average molecular weight is 265 g/mol. The van der Waals surface area contributed by atoms with Gasteiger partial charge in [0.15, 0.2) is 0 Å². The summed E-state index contributed by atoms with van der Waals surface area (Å²) >= 11 is 0. The van der Waals surface area contributed by atoms with Gasteiger partial charge < -0.3 is 14.8 Å². The summed E-state index contributed by atoms with van der Waals surface area (Å²) in [6.07, 6.45) is 1.22. The predicted octanol–water partition coefficient (Wildman–Crippen LogP) is 1.31. The molecule has 0 saturated heterocycles. The highest BCUT2D eigenvalue weighted by Crippen LogP contribution is 2.11. The molecule has 19 heavy (non-hydrogen) atoms. The van der Waals surface area contributed by atoms with E-state index in [9.17, 15) is 9.59 Å². The number of amides is 1. The number of carbonyl (C=O) groups is 2. The van der Waals surface area contributed by atoms with Crippen LogP contribution in [-0.4, -0.2) is 32.6 Å². The van der Waals surface area contributed by atoms with Crippen LogP contribution in [0, 0.1) is 0 Å². The molecule has 1 aromatic rings. The first-order chi connectivity index (χ1) is 9.15. The third-order valence-corrected chi connectivity index (χ3v) is 2.63. The number of nitrogens with one attached hydrogen (secondary N) is 1. The Kier molecular flexibility index (Phi) is 6.43. The third-order valence-electron chi connectivity index (χ3n) is 2.63. The van der Waals surface area contributed by atoms with Crippen LogP contribution < -0.4 is 10.1 Å². The lowest BCUT2D eigenvalue weighted by Gasteiger charge is -2.05. The van der Waals surface area contributed by atoms with Crippen molar-refractivity contribution in [1.29, 1.82) is 0 Å². The minimum atomic E-state index is -0.260. The van der Waals surface area contributed by atoms with Gasteiger partial charge in [0.2, 0.25) is 5.91 Å². The highest BCUT2D eigenvalue weighted by Gasteiger charge is 2.04. The van der Waals surface area contributed by atoms with E-state index in [1.165, 1.54) is 7.11 Å². The Hall–Kier alpha value is -2.04. The number of hydrogen-bond acceptors (Lipinski definition) is 4. The molecule has 0 aliphatic heterocycles. The monoisotopic (exact) mass is 265 g/mol. The molecule has 0 spiro atoms. The summed E-state index contributed by atoms with van der Waals surface area (Å²) in [5.74, 6) is 0.446. The minimum absolute atomic E-state index is 0.0602. The quantitative estimate of drug-likeness (QED) is 0.596. The Morgan fingerprint density at radius 3 is 2.42 bits per heavy atom. The number of benzene rings is 1. The van der Waals surface area contributed by atoms with E-state index < -0.39 is 0 Å². The Morgan fingerprint density at radius 2 is 1.84 bits per heavy atom. The molecule has 5 heteroatoms. The van der Waals surface area contributed by atoms with Gasteiger partial charge in [-0.1, -0.05) is 12.1 Å². The van der Waals surface area contributed by atoms with Crippen molar-refractivity contribution in [2.45, 2.75) is 19.3 Å². The molecule has 0 aliphatic rings. The van der Waals surface area contributed by atoms with Gasteiger partial charge in [-0.05, 0) is 24.1 Å². The Labute approximate surface area is 112 Å². The van der Waals surface area contributed by atoms with Crippen LogP contribution in [0.5, 0.6) is 5.75 Å². The van der Waals surface area contributed by atoms with Crippen molar-refractivity contribution in [1.82, 2.24) is 5.32 Å². The van der Waals surface area contributed by atoms with E-state index in [-0.39, 0.29) is 11.9 Å². The van der Waals surface area contributed by atoms with E-state index in [2.05, 4.69) is 10.1 Å². The van der Waals surface area contributed by atoms with Crippen LogP contribution in [-0.2, 0) is 20.7 Å². The fourth-order valence-electron chi connectivity index (χ4n) is 1.55. The summed E-state index contributed by atoms with van der Waals surface area (Å²) in [5, 5.41) is 2.76. The molecule has 0 fully saturated rings. The summed E-state index contributed by atoms with van der Waals surface area (Å²) in [6.45, 7) is 0.476. The van der Waals surface area contributed by atoms with E-state index in [0.29, 0.717) is 25.8 Å². The van der Waals surface area contributed by atoms with Gasteiger partial charge in [-0.3, -0.25) is 9.59 Å². The van der Waals surface area contributed by atoms with Crippen LogP contribution in [0.3, 0.4) is 0 Å². The van der Waals surface area contributed by atoms with Crippen molar-refractivity contribution >= 4 is 11.9 Å². The molecular formula is C14H19NO4. The number of methoxy groups -OCH3 is 2. The molecule has 1 aromatic carbocycles. The van der Waals surface area contributed by atoms with E-state index in [1.54, 1.807) is 7.11 Å². The number of hydrogen-bond donors (Lipinski definition) is 1. The standard InChI is InChI=1S/C14H19NO4/c1-18-12-7-5-11(6-8-12)10-13(16)15-9-3-4-14(17)19-2/h5-8H,3-4,9-10H2,1-2H3,(H,15,16). The second-order valence-corrected chi connectivity index (χ2v) is 4.05. The zero-order chi connectivity index (χ0) is 14.1. The van der Waals surface area contributed by atoms with Crippen molar-refractivity contribution in [2.24, 2.45) is 0 Å². The molecule has 1 N–H and O–H groups in total. The highest BCUT2D eigenvalue weighted by atomic mass is 16.5. The smallest absolute Gasteiger partial charge is 0.305 e. The van der Waals surface area contributed by atoms with Crippen LogP contribution in [0.25, 0.3) is 0 Å². The Morgan fingerprint density at radius 1 is 1.16 bits per heavy atom. The Bertz CT molecular complexity index is 414. The van der Waals surface area contributed by atoms with Crippen LogP contribution in [0.1, 0.15) is 18.4 Å². The first-order valence-corrected chi connectivity index (χ1v) is 6.12. The van der Waals surface area contributed by atoms with Crippen molar-refractivity contribution < 1.29 is 19.1 Å². The average Bonchev–Trinajstić information content (AvgIpc) is 2.44. The van der Waals surface area contributed by atoms with E-state index >= 15 is 0 Å². The maximum absolute atomic E-state index is 11.6. The fourth-order valence-corrected chi connectivity index (χ4v) is 1.55. The largest absolute Gasteiger partial charge is 0.497 e. The van der Waals surface area contributed by atoms with Gasteiger partial charge in [0.05, 0.1) is 20.6 Å². The molecule has 5 nitrogen and oxygen atoms in total. The predicted molar refractivity (Wildman–Crippen MR) is 71.0 cm³/mol. The summed E-state index contributed by atoms with van der Waals surface area (Å²) < 4.78 is 9.55. The summed E-state index contributed by atoms with van der Waals surface area (Å²) in [6, 6.07) is 7.35. The Balaban J connectivity index is 2.25. The second kappa shape index (κ2) is 8.13. The van der Waals surface area contributed by atoms with Crippen molar-refractivity contribution in [2.75, 3.05) is 20.8 Å². The molecular weight excluding hydrogens is 246 g/mol. The minimum Gasteiger partial charge on any atom is -0.497 e. The molecule has 1 amide bonds. The first kappa shape index (κ1) is 15.0. The van der Waals surface area contributed by atoms with Crippen LogP contribution in [0.15, 0.2) is 24.3 Å². The molecule has 1 rings (SSSR count). The number of rotatable bonds is 7. The summed E-state index contributed by atoms with van der Waals surface area (Å²) in [5.41, 5.74) is 0.922. The molecule has 0 heterocycles. The van der Waals surface area contributed by atoms with Crippen molar-refractivity contribution in [3.8, 4) is 5.75 Å². The highest BCUT2D eigenvalue weighted by molar-refractivity contribution is 5.78. The van der Waals surface area contributed by atoms with Gasteiger partial charge in [0, 0.05) is 13.0 Å². The topological polar surface area (TPSA) is 64.6 Å². The lowest BCUT2D eigenvalue weighted by Crippen LogP contribution is -2.26. The lowest BCUT2D eigenvalue weighted by molar-refractivity contribution is -0.140. The van der Waals surface area contributed by atoms with Crippen LogP contribution in [0.4, 0.5) is 0 Å². The van der Waals surface area contributed by atoms with Gasteiger partial charge in [-0.25, -0.2) is 0 Å². The maximum atomic E-state index is 11.6. The maximum Gasteiger partial charge on any atom is 0.305 e. The van der Waals surface area contributed by atoms with E-state index in [1.807, 2.05) is 24.3 Å². The number of esters is 1. The molecule has 0 atom stereocenters. The second-order valence-electron chi connectivity index (χ2n) is 4.05. The normalized spacial score (nSPS) is 9.79. The zero-order valence-electron chi connectivity index (χ0n) is 11.3. The van der Waals surface area contributed by atoms with Gasteiger partial charge in [-0.2, -0.15) is 0 Å². The van der Waals surface area contributed by atoms with Gasteiger partial charge in [0.25, 0.3) is 0 Å². The molecule has 0 aromatic heterocycles. The van der Waals surface area contributed by atoms with Gasteiger partial charge >= 0.3 is 5.97 Å². The number of ether oxygens (including phenoxy) is 2. The fraction of sp³-hybridized carbons (Fsp3) is 0.429. The van der Waals surface area contributed by atoms with Crippen molar-refractivity contribution in [3.05, 3.63) is 29.8 Å². The molecule has 0 unspecified atom stereocenters. The van der Waals surface area contributed by atoms with Crippen LogP contribution >= 0.6 is 0 Å². The van der Waals surface area contributed by atoms with E-state index in [4.69, 9.17) is 4.74 Å². The van der Waals surface area contributed by atoms with E-state index in [0.717, 1.165) is 11.3 Å². The molecule has 0 bridgehead atoms. The van der Waals surface area contributed by atoms with Crippen molar-refractivity contribution in [3.63, 3.8) is 0 Å². The first-order valence-electron chi connectivity index (χ1n) is 6.12. The molecule has 0 aliphatic carbocycles. The molecule has 104 valence electrons. The van der Waals surface area contributed by atoms with Gasteiger partial charge in [-0.15, -0.1) is 0 Å². The van der Waals surface area contributed by atoms with Gasteiger partial charge in [0.1, 0.15) is 5.75 Å². The van der Waals surface area contributed by atoms with Crippen LogP contribution in [0.2, 0.25) is 0 Å². The SMILES string of the molecule is COC(=O)CCCNC(=O)Cc1ccc(OC)cc1. The zero-order valence-corrected chi connectivity index (χ0v) is 11.3.